The number of nitrogens with zero attached hydrogens (tertiary/aromatic N) is 1. The van der Waals surface area contributed by atoms with Crippen LogP contribution in [0.5, 0.6) is 0 Å². The van der Waals surface area contributed by atoms with Gasteiger partial charge in [-0.15, -0.1) is 0 Å². The molecule has 0 aliphatic heterocycles. The van der Waals surface area contributed by atoms with Gasteiger partial charge >= 0.3 is 0 Å². The van der Waals surface area contributed by atoms with Gasteiger partial charge in [0.15, 0.2) is 0 Å². The summed E-state index contributed by atoms with van der Waals surface area (Å²) in [6.07, 6.45) is 3.92. The van der Waals surface area contributed by atoms with Crippen molar-refractivity contribution in [1.82, 2.24) is 10.2 Å². The minimum absolute atomic E-state index is 0.00420. The van der Waals surface area contributed by atoms with E-state index in [1.807, 2.05) is 25.7 Å². The average Bonchev–Trinajstić information content (AvgIpc) is 3.10. The van der Waals surface area contributed by atoms with Crippen molar-refractivity contribution in [3.05, 3.63) is 0 Å². The molecule has 1 aliphatic rings. The van der Waals surface area contributed by atoms with Crippen LogP contribution in [0.1, 0.15) is 53.4 Å². The summed E-state index contributed by atoms with van der Waals surface area (Å²) in [5.41, 5.74) is -0.389. The highest BCUT2D eigenvalue weighted by atomic mass is 16.2. The van der Waals surface area contributed by atoms with Crippen LogP contribution in [0.15, 0.2) is 0 Å². The van der Waals surface area contributed by atoms with Crippen LogP contribution in [0.2, 0.25) is 0 Å². The lowest BCUT2D eigenvalue weighted by atomic mass is 9.96. The van der Waals surface area contributed by atoms with Gasteiger partial charge in [0.1, 0.15) is 0 Å². The summed E-state index contributed by atoms with van der Waals surface area (Å²) < 4.78 is 0. The van der Waals surface area contributed by atoms with Crippen LogP contribution in [0.4, 0.5) is 0 Å². The van der Waals surface area contributed by atoms with Crippen molar-refractivity contribution in [2.75, 3.05) is 19.6 Å². The summed E-state index contributed by atoms with van der Waals surface area (Å²) in [6.45, 7) is 9.90. The van der Waals surface area contributed by atoms with Crippen LogP contribution in [-0.4, -0.2) is 36.3 Å². The molecule has 1 aliphatic carbocycles. The van der Waals surface area contributed by atoms with Crippen LogP contribution in [-0.2, 0) is 9.59 Å². The SMILES string of the molecule is CCCN(CC1CC1)C(=O)CCNC(=O)C(C)(C)C. The molecule has 0 radical (unpaired) electrons. The first-order valence-corrected chi connectivity index (χ1v) is 7.40. The molecular weight excluding hydrogens is 240 g/mol. The van der Waals surface area contributed by atoms with Crippen LogP contribution in [0.25, 0.3) is 0 Å². The van der Waals surface area contributed by atoms with Crippen molar-refractivity contribution in [3.8, 4) is 0 Å². The Morgan fingerprint density at radius 3 is 2.37 bits per heavy atom. The third kappa shape index (κ3) is 6.08. The van der Waals surface area contributed by atoms with Gasteiger partial charge in [-0.05, 0) is 25.2 Å². The molecule has 0 saturated heterocycles. The highest BCUT2D eigenvalue weighted by Crippen LogP contribution is 2.29. The van der Waals surface area contributed by atoms with Crippen LogP contribution < -0.4 is 5.32 Å². The standard InChI is InChI=1S/C15H28N2O2/c1-5-10-17(11-12-6-7-12)13(18)8-9-16-14(19)15(2,3)4/h12H,5-11H2,1-4H3,(H,16,19). The molecule has 4 nitrogen and oxygen atoms in total. The van der Waals surface area contributed by atoms with Gasteiger partial charge in [-0.25, -0.2) is 0 Å². The number of nitrogens with one attached hydrogen (secondary N) is 1. The van der Waals surface area contributed by atoms with Gasteiger partial charge in [0, 0.05) is 31.5 Å². The molecule has 110 valence electrons. The van der Waals surface area contributed by atoms with Gasteiger partial charge in [-0.1, -0.05) is 27.7 Å². The third-order valence-electron chi connectivity index (χ3n) is 3.33. The number of carbonyl (C=O) groups excluding carboxylic acids is 2. The molecule has 0 atom stereocenters. The summed E-state index contributed by atoms with van der Waals surface area (Å²) in [5, 5.41) is 2.83. The van der Waals surface area contributed by atoms with E-state index in [0.717, 1.165) is 25.4 Å². The maximum atomic E-state index is 12.1. The van der Waals surface area contributed by atoms with Crippen LogP contribution in [0.3, 0.4) is 0 Å². The fourth-order valence-corrected chi connectivity index (χ4v) is 1.91. The molecule has 1 N–H and O–H groups in total. The van der Waals surface area contributed by atoms with Crippen LogP contribution in [0, 0.1) is 11.3 Å². The van der Waals surface area contributed by atoms with Gasteiger partial charge in [0.2, 0.25) is 11.8 Å². The van der Waals surface area contributed by atoms with E-state index in [1.165, 1.54) is 12.8 Å². The summed E-state index contributed by atoms with van der Waals surface area (Å²) in [6, 6.07) is 0. The molecule has 0 aromatic carbocycles. The molecule has 2 amide bonds. The molecule has 0 unspecified atom stereocenters. The van der Waals surface area contributed by atoms with Crippen molar-refractivity contribution in [1.29, 1.82) is 0 Å². The van der Waals surface area contributed by atoms with Gasteiger partial charge in [-0.2, -0.15) is 0 Å². The average molecular weight is 268 g/mol. The Morgan fingerprint density at radius 2 is 1.89 bits per heavy atom. The first-order chi connectivity index (χ1) is 8.84. The molecule has 0 spiro atoms. The number of rotatable bonds is 7. The zero-order valence-electron chi connectivity index (χ0n) is 12.8. The Morgan fingerprint density at radius 1 is 1.26 bits per heavy atom. The molecule has 0 aromatic rings. The van der Waals surface area contributed by atoms with Crippen molar-refractivity contribution < 1.29 is 9.59 Å². The van der Waals surface area contributed by atoms with E-state index < -0.39 is 0 Å². The maximum Gasteiger partial charge on any atom is 0.225 e. The summed E-state index contributed by atoms with van der Waals surface area (Å²) in [7, 11) is 0. The quantitative estimate of drug-likeness (QED) is 0.769. The topological polar surface area (TPSA) is 49.4 Å². The minimum atomic E-state index is -0.389. The summed E-state index contributed by atoms with van der Waals surface area (Å²) >= 11 is 0. The number of hydrogen-bond donors (Lipinski definition) is 1. The largest absolute Gasteiger partial charge is 0.355 e. The molecule has 1 rings (SSSR count). The number of carbonyl (C=O) groups is 2. The molecule has 0 heterocycles. The highest BCUT2D eigenvalue weighted by molar-refractivity contribution is 5.82. The van der Waals surface area contributed by atoms with E-state index in [9.17, 15) is 9.59 Å². The molecule has 1 fully saturated rings. The maximum absolute atomic E-state index is 12.1. The van der Waals surface area contributed by atoms with Gasteiger partial charge in [0.05, 0.1) is 0 Å². The third-order valence-corrected chi connectivity index (χ3v) is 3.33. The van der Waals surface area contributed by atoms with E-state index in [1.54, 1.807) is 0 Å². The predicted octanol–water partition coefficient (Wildman–Crippen LogP) is 2.19. The molecule has 1 saturated carbocycles. The Balaban J connectivity index is 2.29. The Hall–Kier alpha value is -1.06. The van der Waals surface area contributed by atoms with Gasteiger partial charge in [0.25, 0.3) is 0 Å². The second kappa shape index (κ2) is 6.92. The van der Waals surface area contributed by atoms with E-state index in [0.29, 0.717) is 13.0 Å². The Kier molecular flexibility index (Phi) is 5.83. The minimum Gasteiger partial charge on any atom is -0.355 e. The van der Waals surface area contributed by atoms with Crippen molar-refractivity contribution >= 4 is 11.8 Å². The Bertz CT molecular complexity index is 317. The fraction of sp³-hybridized carbons (Fsp3) is 0.867. The van der Waals surface area contributed by atoms with Crippen molar-refractivity contribution in [2.45, 2.75) is 53.4 Å². The van der Waals surface area contributed by atoms with E-state index in [2.05, 4.69) is 12.2 Å². The van der Waals surface area contributed by atoms with Crippen LogP contribution >= 0.6 is 0 Å². The van der Waals surface area contributed by atoms with Crippen molar-refractivity contribution in [3.63, 3.8) is 0 Å². The zero-order chi connectivity index (χ0) is 14.5. The molecule has 0 aromatic heterocycles. The smallest absolute Gasteiger partial charge is 0.225 e. The van der Waals surface area contributed by atoms with Gasteiger partial charge < -0.3 is 10.2 Å². The molecule has 4 heteroatoms. The lowest BCUT2D eigenvalue weighted by molar-refractivity contribution is -0.132. The lowest BCUT2D eigenvalue weighted by Crippen LogP contribution is -2.39. The lowest BCUT2D eigenvalue weighted by Gasteiger charge is -2.23. The highest BCUT2D eigenvalue weighted by Gasteiger charge is 2.26. The normalized spacial score (nSPS) is 15.2. The summed E-state index contributed by atoms with van der Waals surface area (Å²) in [4.78, 5) is 25.8. The molecule has 19 heavy (non-hydrogen) atoms. The second-order valence-corrected chi connectivity index (χ2v) is 6.54. The monoisotopic (exact) mass is 268 g/mol. The first kappa shape index (κ1) is 16.0. The second-order valence-electron chi connectivity index (χ2n) is 6.54. The van der Waals surface area contributed by atoms with E-state index >= 15 is 0 Å². The predicted molar refractivity (Wildman–Crippen MR) is 76.7 cm³/mol. The Labute approximate surface area is 116 Å². The molecule has 0 bridgehead atoms. The number of hydrogen-bond acceptors (Lipinski definition) is 2. The van der Waals surface area contributed by atoms with E-state index in [-0.39, 0.29) is 17.2 Å². The number of amides is 2. The summed E-state index contributed by atoms with van der Waals surface area (Å²) in [5.74, 6) is 0.896. The fourth-order valence-electron chi connectivity index (χ4n) is 1.91. The van der Waals surface area contributed by atoms with Crippen molar-refractivity contribution in [2.24, 2.45) is 11.3 Å². The van der Waals surface area contributed by atoms with Gasteiger partial charge in [-0.3, -0.25) is 9.59 Å². The molecular formula is C15H28N2O2. The first-order valence-electron chi connectivity index (χ1n) is 7.40. The van der Waals surface area contributed by atoms with E-state index in [4.69, 9.17) is 0 Å². The zero-order valence-corrected chi connectivity index (χ0v) is 12.8.